The largest absolute Gasteiger partial charge is 0.466 e. The summed E-state index contributed by atoms with van der Waals surface area (Å²) in [6.45, 7) is 3.62. The second-order valence-electron chi connectivity index (χ2n) is 3.11. The van der Waals surface area contributed by atoms with Gasteiger partial charge in [-0.1, -0.05) is 0 Å². The van der Waals surface area contributed by atoms with E-state index in [1.54, 1.807) is 6.92 Å². The van der Waals surface area contributed by atoms with E-state index in [0.29, 0.717) is 13.2 Å². The van der Waals surface area contributed by atoms with Gasteiger partial charge in [-0.25, -0.2) is 0 Å². The highest BCUT2D eigenvalue weighted by molar-refractivity contribution is 5.81. The minimum atomic E-state index is -0.317. The summed E-state index contributed by atoms with van der Waals surface area (Å²) in [5, 5.41) is 5.71. The first kappa shape index (κ1) is 13.9. The minimum absolute atomic E-state index is 0.0980. The summed E-state index contributed by atoms with van der Waals surface area (Å²) < 4.78 is 4.71. The molecule has 0 radical (unpaired) electrons. The minimum Gasteiger partial charge on any atom is -0.466 e. The van der Waals surface area contributed by atoms with Crippen molar-refractivity contribution in [1.29, 1.82) is 0 Å². The Morgan fingerprint density at radius 1 is 1.20 bits per heavy atom. The maximum absolute atomic E-state index is 11.2. The third-order valence-corrected chi connectivity index (χ3v) is 1.79. The molecule has 0 aromatic rings. The lowest BCUT2D eigenvalue weighted by atomic mass is 10.3. The second kappa shape index (κ2) is 9.45. The smallest absolute Gasteiger partial charge is 0.306 e. The molecule has 0 fully saturated rings. The number of carbonyl (C=O) groups is 2. The molecule has 0 aromatic heterocycles. The summed E-state index contributed by atoms with van der Waals surface area (Å²) >= 11 is 0. The lowest BCUT2D eigenvalue weighted by Gasteiger charge is -2.04. The lowest BCUT2D eigenvalue weighted by Crippen LogP contribution is -2.27. The molecule has 15 heavy (non-hydrogen) atoms. The first-order chi connectivity index (χ1) is 7.20. The van der Waals surface area contributed by atoms with E-state index in [0.717, 1.165) is 13.0 Å². The molecule has 0 bridgehead atoms. The van der Waals surface area contributed by atoms with Crippen molar-refractivity contribution in [3.8, 4) is 0 Å². The van der Waals surface area contributed by atoms with Crippen LogP contribution >= 0.6 is 0 Å². The predicted octanol–water partition coefficient (Wildman–Crippen LogP) is 0.0554. The Morgan fingerprint density at radius 3 is 2.53 bits per heavy atom. The van der Waals surface area contributed by atoms with E-state index in [1.807, 2.05) is 7.05 Å². The summed E-state index contributed by atoms with van der Waals surface area (Å²) in [7, 11) is 1.86. The average molecular weight is 216 g/mol. The second-order valence-corrected chi connectivity index (χ2v) is 3.11. The molecule has 88 valence electrons. The molecule has 0 atom stereocenters. The van der Waals surface area contributed by atoms with Crippen LogP contribution in [0.2, 0.25) is 0 Å². The van der Waals surface area contributed by atoms with Crippen molar-refractivity contribution < 1.29 is 14.3 Å². The molecule has 0 saturated heterocycles. The van der Waals surface area contributed by atoms with Crippen LogP contribution in [0, 0.1) is 0 Å². The number of amides is 1. The zero-order chi connectivity index (χ0) is 11.5. The molecule has 0 saturated carbocycles. The van der Waals surface area contributed by atoms with Crippen LogP contribution in [0.25, 0.3) is 0 Å². The number of hydrogen-bond acceptors (Lipinski definition) is 4. The maximum Gasteiger partial charge on any atom is 0.306 e. The number of esters is 1. The molecule has 0 aromatic carbocycles. The van der Waals surface area contributed by atoms with E-state index in [1.165, 1.54) is 0 Å². The molecule has 5 heteroatoms. The van der Waals surface area contributed by atoms with Crippen LogP contribution in [0.15, 0.2) is 0 Å². The van der Waals surface area contributed by atoms with Crippen molar-refractivity contribution in [3.63, 3.8) is 0 Å². The third kappa shape index (κ3) is 9.21. The Labute approximate surface area is 90.6 Å². The molecular formula is C10H20N2O3. The normalized spacial score (nSPS) is 9.73. The Balaban J connectivity index is 3.36. The molecule has 0 aliphatic carbocycles. The highest BCUT2D eigenvalue weighted by Gasteiger charge is 2.06. The quantitative estimate of drug-likeness (QED) is 0.444. The Morgan fingerprint density at radius 2 is 1.93 bits per heavy atom. The summed E-state index contributed by atoms with van der Waals surface area (Å²) in [6, 6.07) is 0. The van der Waals surface area contributed by atoms with Crippen LogP contribution in [0.4, 0.5) is 0 Å². The molecule has 5 nitrogen and oxygen atoms in total. The van der Waals surface area contributed by atoms with Gasteiger partial charge in [0.1, 0.15) is 0 Å². The Bertz CT molecular complexity index is 195. The first-order valence-corrected chi connectivity index (χ1v) is 5.27. The van der Waals surface area contributed by atoms with Gasteiger partial charge in [-0.3, -0.25) is 9.59 Å². The number of carbonyl (C=O) groups excluding carboxylic acids is 2. The van der Waals surface area contributed by atoms with Gasteiger partial charge in [-0.15, -0.1) is 0 Å². The van der Waals surface area contributed by atoms with Gasteiger partial charge < -0.3 is 15.4 Å². The Hall–Kier alpha value is -1.10. The summed E-state index contributed by atoms with van der Waals surface area (Å²) in [5.41, 5.74) is 0. The monoisotopic (exact) mass is 216 g/mol. The molecule has 2 N–H and O–H groups in total. The number of ether oxygens (including phenoxy) is 1. The first-order valence-electron chi connectivity index (χ1n) is 5.27. The zero-order valence-corrected chi connectivity index (χ0v) is 9.47. The van der Waals surface area contributed by atoms with E-state index >= 15 is 0 Å². The zero-order valence-electron chi connectivity index (χ0n) is 9.47. The van der Waals surface area contributed by atoms with Gasteiger partial charge in [0.05, 0.1) is 13.0 Å². The van der Waals surface area contributed by atoms with Crippen LogP contribution in [0.5, 0.6) is 0 Å². The topological polar surface area (TPSA) is 67.4 Å². The van der Waals surface area contributed by atoms with Crippen molar-refractivity contribution >= 4 is 11.9 Å². The van der Waals surface area contributed by atoms with Crippen molar-refractivity contribution in [1.82, 2.24) is 10.6 Å². The van der Waals surface area contributed by atoms with E-state index in [4.69, 9.17) is 4.74 Å². The average Bonchev–Trinajstić information content (AvgIpc) is 2.22. The molecular weight excluding hydrogens is 196 g/mol. The van der Waals surface area contributed by atoms with Gasteiger partial charge in [-0.2, -0.15) is 0 Å². The van der Waals surface area contributed by atoms with E-state index in [2.05, 4.69) is 10.6 Å². The van der Waals surface area contributed by atoms with Crippen molar-refractivity contribution in [3.05, 3.63) is 0 Å². The molecule has 1 amide bonds. The molecule has 0 heterocycles. The maximum atomic E-state index is 11.2. The van der Waals surface area contributed by atoms with Gasteiger partial charge in [0.25, 0.3) is 0 Å². The summed E-state index contributed by atoms with van der Waals surface area (Å²) in [4.78, 5) is 22.1. The van der Waals surface area contributed by atoms with E-state index < -0.39 is 0 Å². The number of nitrogens with one attached hydrogen (secondary N) is 2. The fourth-order valence-electron chi connectivity index (χ4n) is 1.03. The lowest BCUT2D eigenvalue weighted by molar-refractivity contribution is -0.144. The molecule has 0 aliphatic heterocycles. The number of hydrogen-bond donors (Lipinski definition) is 2. The van der Waals surface area contributed by atoms with Gasteiger partial charge >= 0.3 is 5.97 Å². The third-order valence-electron chi connectivity index (χ3n) is 1.79. The highest BCUT2D eigenvalue weighted by Crippen LogP contribution is 1.92. The standard InChI is InChI=1S/C10H20N2O3/c1-3-15-10(14)6-5-9(13)12-8-4-7-11-2/h11H,3-8H2,1-2H3,(H,12,13). The SMILES string of the molecule is CCOC(=O)CCC(=O)NCCCNC. The van der Waals surface area contributed by atoms with Gasteiger partial charge in [0.15, 0.2) is 0 Å². The molecule has 0 rings (SSSR count). The highest BCUT2D eigenvalue weighted by atomic mass is 16.5. The van der Waals surface area contributed by atoms with Crippen molar-refractivity contribution in [2.45, 2.75) is 26.2 Å². The van der Waals surface area contributed by atoms with Crippen LogP contribution in [-0.4, -0.2) is 38.6 Å². The van der Waals surface area contributed by atoms with Crippen LogP contribution in [0.3, 0.4) is 0 Å². The van der Waals surface area contributed by atoms with Gasteiger partial charge in [-0.05, 0) is 26.9 Å². The van der Waals surface area contributed by atoms with Crippen molar-refractivity contribution in [2.75, 3.05) is 26.7 Å². The van der Waals surface area contributed by atoms with Crippen molar-refractivity contribution in [2.24, 2.45) is 0 Å². The van der Waals surface area contributed by atoms with Gasteiger partial charge in [0.2, 0.25) is 5.91 Å². The fourth-order valence-corrected chi connectivity index (χ4v) is 1.03. The van der Waals surface area contributed by atoms with Crippen LogP contribution < -0.4 is 10.6 Å². The number of rotatable bonds is 8. The van der Waals surface area contributed by atoms with Crippen LogP contribution in [0.1, 0.15) is 26.2 Å². The fraction of sp³-hybridized carbons (Fsp3) is 0.800. The Kier molecular flexibility index (Phi) is 8.76. The molecule has 0 aliphatic rings. The van der Waals surface area contributed by atoms with Crippen LogP contribution in [-0.2, 0) is 14.3 Å². The molecule has 0 spiro atoms. The predicted molar refractivity (Wildman–Crippen MR) is 57.4 cm³/mol. The molecule has 0 unspecified atom stereocenters. The summed E-state index contributed by atoms with van der Waals surface area (Å²) in [5.74, 6) is -0.415. The van der Waals surface area contributed by atoms with Gasteiger partial charge in [0, 0.05) is 13.0 Å². The summed E-state index contributed by atoms with van der Waals surface area (Å²) in [6.07, 6.45) is 1.26. The van der Waals surface area contributed by atoms with E-state index in [9.17, 15) is 9.59 Å². The van der Waals surface area contributed by atoms with E-state index in [-0.39, 0.29) is 24.7 Å².